The summed E-state index contributed by atoms with van der Waals surface area (Å²) in [4.78, 5) is 0. The number of halogens is 4. The summed E-state index contributed by atoms with van der Waals surface area (Å²) >= 11 is 0. The Bertz CT molecular complexity index is 297. The van der Waals surface area contributed by atoms with Crippen LogP contribution in [0.1, 0.15) is 47.0 Å². The van der Waals surface area contributed by atoms with Gasteiger partial charge in [0.1, 0.15) is 0 Å². The molecule has 0 aromatic heterocycles. The van der Waals surface area contributed by atoms with Gasteiger partial charge in [0.2, 0.25) is 5.67 Å². The Morgan fingerprint density at radius 3 is 1.75 bits per heavy atom. The van der Waals surface area contributed by atoms with Crippen molar-refractivity contribution >= 4 is 8.38 Å². The molecule has 0 aromatic carbocycles. The highest BCUT2D eigenvalue weighted by Crippen LogP contribution is 2.59. The normalized spacial score (nSPS) is 20.6. The van der Waals surface area contributed by atoms with Gasteiger partial charge >= 0.3 is 6.18 Å². The maximum absolute atomic E-state index is 14.8. The first kappa shape index (κ1) is 20.1. The van der Waals surface area contributed by atoms with Crippen molar-refractivity contribution in [1.82, 2.24) is 0 Å². The van der Waals surface area contributed by atoms with Crippen LogP contribution in [0.4, 0.5) is 17.6 Å². The van der Waals surface area contributed by atoms with Crippen LogP contribution in [0.15, 0.2) is 0 Å². The average Bonchev–Trinajstić information content (AvgIpc) is 2.37. The van der Waals surface area contributed by atoms with E-state index in [2.05, 4.69) is 0 Å². The van der Waals surface area contributed by atoms with Gasteiger partial charge in [-0.2, -0.15) is 13.2 Å². The first-order valence-electron chi connectivity index (χ1n) is 6.66. The van der Waals surface area contributed by atoms with Crippen LogP contribution >= 0.6 is 8.38 Å². The van der Waals surface area contributed by atoms with E-state index in [4.69, 9.17) is 9.05 Å². The van der Waals surface area contributed by atoms with Crippen LogP contribution in [-0.4, -0.2) is 31.2 Å². The van der Waals surface area contributed by atoms with Crippen LogP contribution in [0.2, 0.25) is 0 Å². The van der Waals surface area contributed by atoms with Gasteiger partial charge in [0.25, 0.3) is 0 Å². The smallest absolute Gasteiger partial charge is 0.337 e. The number of hydrogen-bond donors (Lipinski definition) is 0. The number of rotatable bonds is 8. The Hall–Kier alpha value is 0.0700. The second-order valence-electron chi connectivity index (χ2n) is 5.32. The van der Waals surface area contributed by atoms with Gasteiger partial charge in [-0.05, 0) is 12.3 Å². The summed E-state index contributed by atoms with van der Waals surface area (Å²) in [6.45, 7) is 6.17. The Morgan fingerprint density at radius 2 is 1.50 bits per heavy atom. The lowest BCUT2D eigenvalue weighted by Gasteiger charge is -2.42. The van der Waals surface area contributed by atoms with Crippen LogP contribution in [0.5, 0.6) is 0 Å². The van der Waals surface area contributed by atoms with E-state index in [9.17, 15) is 17.6 Å². The van der Waals surface area contributed by atoms with E-state index in [1.807, 2.05) is 0 Å². The molecule has 0 aliphatic rings. The summed E-state index contributed by atoms with van der Waals surface area (Å²) in [5.41, 5.74) is -3.23. The van der Waals surface area contributed by atoms with Gasteiger partial charge in [-0.1, -0.05) is 34.1 Å². The molecular weight excluding hydrogens is 295 g/mol. The van der Waals surface area contributed by atoms with E-state index in [1.54, 1.807) is 20.8 Å². The molecule has 0 N–H and O–H groups in total. The first-order valence-corrected chi connectivity index (χ1v) is 7.84. The minimum atomic E-state index is -4.90. The highest BCUT2D eigenvalue weighted by atomic mass is 31.2. The number of alkyl halides is 4. The molecule has 0 rings (SSSR count). The molecule has 0 bridgehead atoms. The first-order chi connectivity index (χ1) is 9.02. The summed E-state index contributed by atoms with van der Waals surface area (Å²) in [6, 6.07) is 0. The molecule has 122 valence electrons. The molecule has 0 saturated heterocycles. The highest BCUT2D eigenvalue weighted by Gasteiger charge is 2.61. The fourth-order valence-electron chi connectivity index (χ4n) is 2.27. The van der Waals surface area contributed by atoms with Crippen LogP contribution in [0, 0.1) is 5.92 Å². The van der Waals surface area contributed by atoms with Crippen molar-refractivity contribution in [3.63, 3.8) is 0 Å². The summed E-state index contributed by atoms with van der Waals surface area (Å²) in [6.07, 6.45) is -5.09. The average molecular weight is 320 g/mol. The van der Waals surface area contributed by atoms with Crippen molar-refractivity contribution in [3.8, 4) is 0 Å². The van der Waals surface area contributed by atoms with Gasteiger partial charge in [-0.15, -0.1) is 0 Å². The van der Waals surface area contributed by atoms with Crippen LogP contribution < -0.4 is 0 Å². The molecule has 0 amide bonds. The van der Waals surface area contributed by atoms with Crippen LogP contribution in [0.3, 0.4) is 0 Å². The fraction of sp³-hybridized carbons (Fsp3) is 1.00. The standard InChI is InChI=1S/C13H25F4O2P/c1-7-10(3)12(14,13(15,16)17)9-11(4,8-2)20(18-5)19-6/h10H,7-9H2,1-6H3. The molecule has 0 saturated carbocycles. The van der Waals surface area contributed by atoms with E-state index in [1.165, 1.54) is 21.1 Å². The maximum Gasteiger partial charge on any atom is 0.422 e. The van der Waals surface area contributed by atoms with E-state index in [0.717, 1.165) is 0 Å². The summed E-state index contributed by atoms with van der Waals surface area (Å²) in [7, 11) is 1.17. The third-order valence-corrected chi connectivity index (χ3v) is 6.06. The lowest BCUT2D eigenvalue weighted by molar-refractivity contribution is -0.252. The third kappa shape index (κ3) is 4.05. The molecule has 0 aliphatic carbocycles. The summed E-state index contributed by atoms with van der Waals surface area (Å²) in [5.74, 6) is -1.11. The molecule has 3 unspecified atom stereocenters. The Balaban J connectivity index is 5.54. The largest absolute Gasteiger partial charge is 0.422 e. The minimum Gasteiger partial charge on any atom is -0.337 e. The van der Waals surface area contributed by atoms with Gasteiger partial charge in [-0.3, -0.25) is 0 Å². The van der Waals surface area contributed by atoms with E-state index in [-0.39, 0.29) is 6.42 Å². The molecule has 0 fully saturated rings. The van der Waals surface area contributed by atoms with Gasteiger partial charge in [0.05, 0.1) is 0 Å². The lowest BCUT2D eigenvalue weighted by Crippen LogP contribution is -2.51. The predicted octanol–water partition coefficient (Wildman–Crippen LogP) is 5.47. The maximum atomic E-state index is 14.8. The second kappa shape index (κ2) is 7.37. The molecule has 7 heteroatoms. The Morgan fingerprint density at radius 1 is 1.05 bits per heavy atom. The predicted molar refractivity (Wildman–Crippen MR) is 73.6 cm³/mol. The van der Waals surface area contributed by atoms with Crippen LogP contribution in [0.25, 0.3) is 0 Å². The molecule has 0 heterocycles. The monoisotopic (exact) mass is 320 g/mol. The molecule has 0 aliphatic heterocycles. The van der Waals surface area contributed by atoms with E-state index >= 15 is 0 Å². The lowest BCUT2D eigenvalue weighted by atomic mass is 9.80. The molecule has 3 atom stereocenters. The zero-order chi connectivity index (χ0) is 16.2. The van der Waals surface area contributed by atoms with Gasteiger partial charge < -0.3 is 9.05 Å². The van der Waals surface area contributed by atoms with Crippen molar-refractivity contribution in [1.29, 1.82) is 0 Å². The van der Waals surface area contributed by atoms with Crippen molar-refractivity contribution in [2.75, 3.05) is 14.2 Å². The van der Waals surface area contributed by atoms with E-state index in [0.29, 0.717) is 6.42 Å². The SMILES string of the molecule is CCC(C)C(F)(CC(C)(CC)P(OC)OC)C(F)(F)F. The van der Waals surface area contributed by atoms with Crippen molar-refractivity contribution in [3.05, 3.63) is 0 Å². The second-order valence-corrected chi connectivity index (χ2v) is 7.64. The van der Waals surface area contributed by atoms with Gasteiger partial charge in [-0.25, -0.2) is 4.39 Å². The topological polar surface area (TPSA) is 18.5 Å². The van der Waals surface area contributed by atoms with Crippen molar-refractivity contribution in [2.45, 2.75) is 64.0 Å². The third-order valence-electron chi connectivity index (χ3n) is 4.04. The molecule has 0 radical (unpaired) electrons. The molecule has 20 heavy (non-hydrogen) atoms. The summed E-state index contributed by atoms with van der Waals surface area (Å²) < 4.78 is 64.7. The van der Waals surface area contributed by atoms with Gasteiger partial charge in [0.15, 0.2) is 8.38 Å². The quantitative estimate of drug-likeness (QED) is 0.436. The zero-order valence-electron chi connectivity index (χ0n) is 13.0. The van der Waals surface area contributed by atoms with Crippen molar-refractivity contribution < 1.29 is 26.6 Å². The Labute approximate surface area is 120 Å². The van der Waals surface area contributed by atoms with Crippen LogP contribution in [-0.2, 0) is 9.05 Å². The van der Waals surface area contributed by atoms with E-state index < -0.39 is 37.7 Å². The van der Waals surface area contributed by atoms with Crippen molar-refractivity contribution in [2.24, 2.45) is 5.92 Å². The molecule has 2 nitrogen and oxygen atoms in total. The molecule has 0 aromatic rings. The zero-order valence-corrected chi connectivity index (χ0v) is 13.9. The minimum absolute atomic E-state index is 0.119. The number of hydrogen-bond acceptors (Lipinski definition) is 2. The molecule has 0 spiro atoms. The molecular formula is C13H25F4O2P. The fourth-order valence-corrected chi connectivity index (χ4v) is 3.91. The summed E-state index contributed by atoms with van der Waals surface area (Å²) in [5, 5.41) is -0.994. The Kier molecular flexibility index (Phi) is 7.39. The van der Waals surface area contributed by atoms with Gasteiger partial charge in [0, 0.05) is 25.8 Å². The highest BCUT2D eigenvalue weighted by molar-refractivity contribution is 7.49.